The number of nitrogens with two attached hydrogens (primary N) is 1. The minimum absolute atomic E-state index is 0.661. The van der Waals surface area contributed by atoms with Gasteiger partial charge in [0.05, 0.1) is 13.2 Å². The monoisotopic (exact) mass is 194 g/mol. The Morgan fingerprint density at radius 1 is 1.21 bits per heavy atom. The van der Waals surface area contributed by atoms with E-state index in [0.29, 0.717) is 6.61 Å². The van der Waals surface area contributed by atoms with Crippen LogP contribution in [0.5, 0.6) is 0 Å². The largest absolute Gasteiger partial charge is 0.399 e. The molecule has 1 aromatic rings. The van der Waals surface area contributed by atoms with Crippen molar-refractivity contribution in [2.75, 3.05) is 33.0 Å². The first kappa shape index (κ1) is 11.0. The molecule has 0 atom stereocenters. The molecule has 0 bridgehead atoms. The summed E-state index contributed by atoms with van der Waals surface area (Å²) in [6, 6.07) is 7.77. The molecule has 14 heavy (non-hydrogen) atoms. The molecule has 1 aromatic carbocycles. The molecule has 3 heteroatoms. The van der Waals surface area contributed by atoms with Gasteiger partial charge in [-0.05, 0) is 31.8 Å². The van der Waals surface area contributed by atoms with E-state index in [1.807, 2.05) is 38.4 Å². The molecule has 2 N–H and O–H groups in total. The highest BCUT2D eigenvalue weighted by Gasteiger charge is 1.94. The predicted molar refractivity (Wildman–Crippen MR) is 59.1 cm³/mol. The first-order valence-electron chi connectivity index (χ1n) is 4.75. The lowest BCUT2D eigenvalue weighted by Gasteiger charge is -2.09. The Morgan fingerprint density at radius 2 is 1.86 bits per heavy atom. The van der Waals surface area contributed by atoms with Crippen LogP contribution >= 0.6 is 0 Å². The Labute approximate surface area is 85.5 Å². The van der Waals surface area contributed by atoms with E-state index in [1.54, 1.807) is 0 Å². The molecule has 0 aromatic heterocycles. The van der Waals surface area contributed by atoms with E-state index in [4.69, 9.17) is 10.5 Å². The highest BCUT2D eigenvalue weighted by molar-refractivity contribution is 5.39. The van der Waals surface area contributed by atoms with Gasteiger partial charge in [-0.3, -0.25) is 0 Å². The summed E-state index contributed by atoms with van der Waals surface area (Å²) in [5.74, 6) is 0. The van der Waals surface area contributed by atoms with Gasteiger partial charge in [0.15, 0.2) is 0 Å². The second-order valence-electron chi connectivity index (χ2n) is 3.60. The third-order valence-electron chi connectivity index (χ3n) is 1.93. The maximum absolute atomic E-state index is 5.57. The maximum atomic E-state index is 5.57. The summed E-state index contributed by atoms with van der Waals surface area (Å²) in [4.78, 5) is 2.10. The van der Waals surface area contributed by atoms with Crippen molar-refractivity contribution in [2.45, 2.75) is 6.61 Å². The Balaban J connectivity index is 2.21. The number of nitrogens with zero attached hydrogens (tertiary/aromatic N) is 1. The first-order chi connectivity index (χ1) is 6.68. The van der Waals surface area contributed by atoms with E-state index in [9.17, 15) is 0 Å². The molecule has 0 unspecified atom stereocenters. The van der Waals surface area contributed by atoms with Crippen molar-refractivity contribution in [3.63, 3.8) is 0 Å². The van der Waals surface area contributed by atoms with Gasteiger partial charge in [0.1, 0.15) is 0 Å². The highest BCUT2D eigenvalue weighted by Crippen LogP contribution is 2.06. The Bertz CT molecular complexity index is 256. The summed E-state index contributed by atoms with van der Waals surface area (Å²) >= 11 is 0. The molecule has 0 heterocycles. The van der Waals surface area contributed by atoms with Crippen LogP contribution < -0.4 is 5.73 Å². The van der Waals surface area contributed by atoms with Crippen LogP contribution in [0.1, 0.15) is 5.56 Å². The molecular formula is C11H18N2O. The standard InChI is InChI=1S/C11H18N2O/c1-13(2)7-8-14-9-10-3-5-11(12)6-4-10/h3-6H,7-9,12H2,1-2H3. The van der Waals surface area contributed by atoms with Gasteiger partial charge in [0.25, 0.3) is 0 Å². The van der Waals surface area contributed by atoms with Crippen molar-refractivity contribution in [2.24, 2.45) is 0 Å². The number of hydrogen-bond donors (Lipinski definition) is 1. The van der Waals surface area contributed by atoms with Gasteiger partial charge >= 0.3 is 0 Å². The second kappa shape index (κ2) is 5.62. The van der Waals surface area contributed by atoms with Gasteiger partial charge < -0.3 is 15.4 Å². The first-order valence-corrected chi connectivity index (χ1v) is 4.75. The Kier molecular flexibility index (Phi) is 4.43. The molecule has 0 aliphatic carbocycles. The number of likely N-dealkylation sites (N-methyl/N-ethyl adjacent to an activating group) is 1. The van der Waals surface area contributed by atoms with E-state index >= 15 is 0 Å². The van der Waals surface area contributed by atoms with Crippen LogP contribution in [0, 0.1) is 0 Å². The van der Waals surface area contributed by atoms with Crippen LogP contribution in [0.25, 0.3) is 0 Å². The van der Waals surface area contributed by atoms with E-state index in [0.717, 1.165) is 24.4 Å². The molecule has 0 aliphatic heterocycles. The van der Waals surface area contributed by atoms with Gasteiger partial charge in [-0.25, -0.2) is 0 Å². The molecule has 1 rings (SSSR count). The third-order valence-corrected chi connectivity index (χ3v) is 1.93. The zero-order valence-electron chi connectivity index (χ0n) is 8.86. The van der Waals surface area contributed by atoms with Gasteiger partial charge in [-0.15, -0.1) is 0 Å². The number of rotatable bonds is 5. The van der Waals surface area contributed by atoms with Gasteiger partial charge in [0.2, 0.25) is 0 Å². The van der Waals surface area contributed by atoms with Crippen molar-refractivity contribution in [1.29, 1.82) is 0 Å². The van der Waals surface area contributed by atoms with Crippen LogP contribution in [0.2, 0.25) is 0 Å². The van der Waals surface area contributed by atoms with Crippen molar-refractivity contribution in [1.82, 2.24) is 4.90 Å². The summed E-state index contributed by atoms with van der Waals surface area (Å²) in [6.07, 6.45) is 0. The molecular weight excluding hydrogens is 176 g/mol. The van der Waals surface area contributed by atoms with Crippen LogP contribution in [-0.4, -0.2) is 32.1 Å². The lowest BCUT2D eigenvalue weighted by molar-refractivity contribution is 0.105. The smallest absolute Gasteiger partial charge is 0.0717 e. The molecule has 0 radical (unpaired) electrons. The van der Waals surface area contributed by atoms with Gasteiger partial charge in [0, 0.05) is 12.2 Å². The summed E-state index contributed by atoms with van der Waals surface area (Å²) in [5.41, 5.74) is 7.53. The second-order valence-corrected chi connectivity index (χ2v) is 3.60. The molecule has 0 amide bonds. The van der Waals surface area contributed by atoms with Crippen LogP contribution in [0.3, 0.4) is 0 Å². The van der Waals surface area contributed by atoms with Crippen molar-refractivity contribution in [3.05, 3.63) is 29.8 Å². The third kappa shape index (κ3) is 4.25. The predicted octanol–water partition coefficient (Wildman–Crippen LogP) is 1.35. The molecule has 0 saturated heterocycles. The topological polar surface area (TPSA) is 38.5 Å². The lowest BCUT2D eigenvalue weighted by Crippen LogP contribution is -2.17. The zero-order chi connectivity index (χ0) is 10.4. The summed E-state index contributed by atoms with van der Waals surface area (Å²) in [5, 5.41) is 0. The fourth-order valence-corrected chi connectivity index (χ4v) is 1.05. The van der Waals surface area contributed by atoms with Crippen molar-refractivity contribution < 1.29 is 4.74 Å². The van der Waals surface area contributed by atoms with Gasteiger partial charge in [-0.2, -0.15) is 0 Å². The number of hydrogen-bond acceptors (Lipinski definition) is 3. The average Bonchev–Trinajstić information content (AvgIpc) is 2.15. The summed E-state index contributed by atoms with van der Waals surface area (Å²) < 4.78 is 5.49. The minimum Gasteiger partial charge on any atom is -0.399 e. The van der Waals surface area contributed by atoms with Gasteiger partial charge in [-0.1, -0.05) is 12.1 Å². The number of ether oxygens (including phenoxy) is 1. The lowest BCUT2D eigenvalue weighted by atomic mass is 10.2. The summed E-state index contributed by atoms with van der Waals surface area (Å²) in [7, 11) is 4.07. The number of nitrogen functional groups attached to an aromatic ring is 1. The molecule has 3 nitrogen and oxygen atoms in total. The van der Waals surface area contributed by atoms with Crippen molar-refractivity contribution in [3.8, 4) is 0 Å². The molecule has 0 aliphatic rings. The maximum Gasteiger partial charge on any atom is 0.0717 e. The minimum atomic E-state index is 0.661. The summed E-state index contributed by atoms with van der Waals surface area (Å²) in [6.45, 7) is 2.38. The molecule has 0 fully saturated rings. The van der Waals surface area contributed by atoms with E-state index in [-0.39, 0.29) is 0 Å². The van der Waals surface area contributed by atoms with Crippen molar-refractivity contribution >= 4 is 5.69 Å². The molecule has 0 spiro atoms. The van der Waals surface area contributed by atoms with Crippen LogP contribution in [0.15, 0.2) is 24.3 Å². The highest BCUT2D eigenvalue weighted by atomic mass is 16.5. The Morgan fingerprint density at radius 3 is 2.43 bits per heavy atom. The quantitative estimate of drug-likeness (QED) is 0.568. The molecule has 0 saturated carbocycles. The molecule has 78 valence electrons. The Hall–Kier alpha value is -1.06. The van der Waals surface area contributed by atoms with E-state index in [2.05, 4.69) is 4.90 Å². The van der Waals surface area contributed by atoms with E-state index < -0.39 is 0 Å². The fourth-order valence-electron chi connectivity index (χ4n) is 1.05. The average molecular weight is 194 g/mol. The van der Waals surface area contributed by atoms with Crippen LogP contribution in [-0.2, 0) is 11.3 Å². The number of anilines is 1. The van der Waals surface area contributed by atoms with E-state index in [1.165, 1.54) is 0 Å². The van der Waals surface area contributed by atoms with Crippen LogP contribution in [0.4, 0.5) is 5.69 Å². The zero-order valence-corrected chi connectivity index (χ0v) is 8.86. The fraction of sp³-hybridized carbons (Fsp3) is 0.455. The SMILES string of the molecule is CN(C)CCOCc1ccc(N)cc1. The normalized spacial score (nSPS) is 10.8. The number of benzene rings is 1.